The third kappa shape index (κ3) is 1.50. The van der Waals surface area contributed by atoms with Crippen LogP contribution in [-0.4, -0.2) is 16.7 Å². The Hall–Kier alpha value is -2.04. The van der Waals surface area contributed by atoms with Crippen molar-refractivity contribution in [3.8, 4) is 11.5 Å². The second-order valence-electron chi connectivity index (χ2n) is 3.54. The Kier molecular flexibility index (Phi) is 2.02. The summed E-state index contributed by atoms with van der Waals surface area (Å²) >= 11 is 0. The van der Waals surface area contributed by atoms with E-state index in [4.69, 9.17) is 14.0 Å². The Labute approximate surface area is 92.0 Å². The highest BCUT2D eigenvalue weighted by molar-refractivity contribution is 5.40. The van der Waals surface area contributed by atoms with E-state index in [9.17, 15) is 0 Å². The molecule has 82 valence electrons. The molecular formula is C11H10N2O3. The number of nitrogens with zero attached hydrogens (tertiary/aromatic N) is 2. The molecule has 5 nitrogen and oxygen atoms in total. The molecule has 16 heavy (non-hydrogen) atoms. The Morgan fingerprint density at radius 1 is 1.25 bits per heavy atom. The standard InChI is InChI=1S/C11H10N2O3/c1-7-12-11(16-13-7)10-6-14-8-4-2-3-5-9(8)15-10/h2-5,10H,6H2,1H3/t10-/m0/s1. The monoisotopic (exact) mass is 218 g/mol. The van der Waals surface area contributed by atoms with Gasteiger partial charge in [-0.05, 0) is 19.1 Å². The first-order chi connectivity index (χ1) is 7.83. The fraction of sp³-hybridized carbons (Fsp3) is 0.273. The summed E-state index contributed by atoms with van der Waals surface area (Å²) in [5, 5.41) is 3.73. The molecule has 0 N–H and O–H groups in total. The van der Waals surface area contributed by atoms with E-state index in [1.54, 1.807) is 6.92 Å². The lowest BCUT2D eigenvalue weighted by atomic mass is 10.2. The molecule has 0 spiro atoms. The van der Waals surface area contributed by atoms with Gasteiger partial charge in [-0.3, -0.25) is 0 Å². The van der Waals surface area contributed by atoms with Gasteiger partial charge in [-0.2, -0.15) is 4.98 Å². The minimum Gasteiger partial charge on any atom is -0.485 e. The van der Waals surface area contributed by atoms with Gasteiger partial charge in [0, 0.05) is 0 Å². The highest BCUT2D eigenvalue weighted by Crippen LogP contribution is 2.35. The molecule has 2 aromatic rings. The minimum absolute atomic E-state index is 0.323. The lowest BCUT2D eigenvalue weighted by molar-refractivity contribution is 0.0665. The van der Waals surface area contributed by atoms with Crippen LogP contribution in [0.3, 0.4) is 0 Å². The largest absolute Gasteiger partial charge is 0.485 e. The summed E-state index contributed by atoms with van der Waals surface area (Å²) in [6.45, 7) is 2.16. The van der Waals surface area contributed by atoms with Crippen LogP contribution in [0.1, 0.15) is 17.8 Å². The summed E-state index contributed by atoms with van der Waals surface area (Å²) in [6.07, 6.45) is -0.323. The molecular weight excluding hydrogens is 208 g/mol. The van der Waals surface area contributed by atoms with Crippen molar-refractivity contribution in [1.82, 2.24) is 10.1 Å². The van der Waals surface area contributed by atoms with Gasteiger partial charge in [-0.25, -0.2) is 0 Å². The quantitative estimate of drug-likeness (QED) is 0.731. The van der Waals surface area contributed by atoms with Crippen molar-refractivity contribution in [2.45, 2.75) is 13.0 Å². The Bertz CT molecular complexity index is 509. The summed E-state index contributed by atoms with van der Waals surface area (Å²) in [4.78, 5) is 4.12. The van der Waals surface area contributed by atoms with Gasteiger partial charge in [0.05, 0.1) is 0 Å². The van der Waals surface area contributed by atoms with Gasteiger partial charge in [0.15, 0.2) is 17.3 Å². The predicted octanol–water partition coefficient (Wildman–Crippen LogP) is 1.89. The minimum atomic E-state index is -0.323. The first-order valence-electron chi connectivity index (χ1n) is 5.01. The normalized spacial score (nSPS) is 18.4. The maximum atomic E-state index is 5.71. The second-order valence-corrected chi connectivity index (χ2v) is 3.54. The van der Waals surface area contributed by atoms with Gasteiger partial charge < -0.3 is 14.0 Å². The maximum absolute atomic E-state index is 5.71. The fourth-order valence-electron chi connectivity index (χ4n) is 1.59. The Morgan fingerprint density at radius 2 is 2.06 bits per heavy atom. The average molecular weight is 218 g/mol. The topological polar surface area (TPSA) is 57.4 Å². The van der Waals surface area contributed by atoms with E-state index in [1.165, 1.54) is 0 Å². The van der Waals surface area contributed by atoms with E-state index in [0.29, 0.717) is 24.1 Å². The molecule has 0 bridgehead atoms. The van der Waals surface area contributed by atoms with E-state index in [-0.39, 0.29) is 6.10 Å². The number of fused-ring (bicyclic) bond motifs is 1. The van der Waals surface area contributed by atoms with Gasteiger partial charge in [0.2, 0.25) is 6.10 Å². The highest BCUT2D eigenvalue weighted by atomic mass is 16.6. The van der Waals surface area contributed by atoms with E-state index in [0.717, 1.165) is 5.75 Å². The van der Waals surface area contributed by atoms with Gasteiger partial charge >= 0.3 is 0 Å². The van der Waals surface area contributed by atoms with Crippen LogP contribution in [0.5, 0.6) is 11.5 Å². The highest BCUT2D eigenvalue weighted by Gasteiger charge is 2.26. The third-order valence-electron chi connectivity index (χ3n) is 2.33. The van der Waals surface area contributed by atoms with Gasteiger partial charge in [0.25, 0.3) is 5.89 Å². The summed E-state index contributed by atoms with van der Waals surface area (Å²) in [5.74, 6) is 2.49. The summed E-state index contributed by atoms with van der Waals surface area (Å²) in [7, 11) is 0. The molecule has 0 saturated carbocycles. The van der Waals surface area contributed by atoms with E-state index < -0.39 is 0 Å². The Balaban J connectivity index is 1.88. The van der Waals surface area contributed by atoms with Crippen LogP contribution in [0.2, 0.25) is 0 Å². The zero-order chi connectivity index (χ0) is 11.0. The first kappa shape index (κ1) is 9.21. The number of hydrogen-bond donors (Lipinski definition) is 0. The molecule has 0 radical (unpaired) electrons. The van der Waals surface area contributed by atoms with Crippen LogP contribution < -0.4 is 9.47 Å². The van der Waals surface area contributed by atoms with Crippen LogP contribution in [0.25, 0.3) is 0 Å². The lowest BCUT2D eigenvalue weighted by Gasteiger charge is -2.23. The van der Waals surface area contributed by atoms with Gasteiger partial charge in [0.1, 0.15) is 6.61 Å². The maximum Gasteiger partial charge on any atom is 0.271 e. The number of aromatic nitrogens is 2. The van der Waals surface area contributed by atoms with Crippen molar-refractivity contribution < 1.29 is 14.0 Å². The number of benzene rings is 1. The molecule has 0 fully saturated rings. The number of ether oxygens (including phenoxy) is 2. The zero-order valence-corrected chi connectivity index (χ0v) is 8.71. The molecule has 1 aliphatic heterocycles. The van der Waals surface area contributed by atoms with Gasteiger partial charge in [-0.1, -0.05) is 17.3 Å². The third-order valence-corrected chi connectivity index (χ3v) is 2.33. The van der Waals surface area contributed by atoms with Crippen molar-refractivity contribution in [2.75, 3.05) is 6.61 Å². The summed E-state index contributed by atoms with van der Waals surface area (Å²) in [6, 6.07) is 7.51. The molecule has 2 heterocycles. The smallest absolute Gasteiger partial charge is 0.271 e. The van der Waals surface area contributed by atoms with Crippen molar-refractivity contribution >= 4 is 0 Å². The number of aryl methyl sites for hydroxylation is 1. The predicted molar refractivity (Wildman–Crippen MR) is 54.3 cm³/mol. The van der Waals surface area contributed by atoms with Gasteiger partial charge in [-0.15, -0.1) is 0 Å². The number of hydrogen-bond acceptors (Lipinski definition) is 5. The zero-order valence-electron chi connectivity index (χ0n) is 8.71. The van der Waals surface area contributed by atoms with E-state index >= 15 is 0 Å². The molecule has 1 aromatic heterocycles. The molecule has 0 unspecified atom stereocenters. The molecule has 0 saturated heterocycles. The number of para-hydroxylation sites is 2. The lowest BCUT2D eigenvalue weighted by Crippen LogP contribution is -2.21. The van der Waals surface area contributed by atoms with Crippen molar-refractivity contribution in [1.29, 1.82) is 0 Å². The molecule has 0 amide bonds. The van der Waals surface area contributed by atoms with Crippen LogP contribution >= 0.6 is 0 Å². The van der Waals surface area contributed by atoms with Crippen LogP contribution in [-0.2, 0) is 0 Å². The molecule has 3 rings (SSSR count). The second kappa shape index (κ2) is 3.52. The summed E-state index contributed by atoms with van der Waals surface area (Å²) in [5.41, 5.74) is 0. The molecule has 1 atom stereocenters. The fourth-order valence-corrected chi connectivity index (χ4v) is 1.59. The average Bonchev–Trinajstić information content (AvgIpc) is 2.75. The van der Waals surface area contributed by atoms with Crippen LogP contribution in [0.15, 0.2) is 28.8 Å². The number of rotatable bonds is 1. The van der Waals surface area contributed by atoms with Crippen molar-refractivity contribution in [3.63, 3.8) is 0 Å². The van der Waals surface area contributed by atoms with E-state index in [2.05, 4.69) is 10.1 Å². The summed E-state index contributed by atoms with van der Waals surface area (Å²) < 4.78 is 16.3. The molecule has 1 aliphatic rings. The Morgan fingerprint density at radius 3 is 2.81 bits per heavy atom. The SMILES string of the molecule is Cc1noc([C@@H]2COc3ccccc3O2)n1. The van der Waals surface area contributed by atoms with Crippen LogP contribution in [0, 0.1) is 6.92 Å². The van der Waals surface area contributed by atoms with E-state index in [1.807, 2.05) is 24.3 Å². The van der Waals surface area contributed by atoms with Crippen molar-refractivity contribution in [3.05, 3.63) is 36.0 Å². The molecule has 1 aromatic carbocycles. The van der Waals surface area contributed by atoms with Crippen LogP contribution in [0.4, 0.5) is 0 Å². The first-order valence-corrected chi connectivity index (χ1v) is 5.01. The molecule has 5 heteroatoms. The van der Waals surface area contributed by atoms with Crippen molar-refractivity contribution in [2.24, 2.45) is 0 Å². The molecule has 0 aliphatic carbocycles.